The van der Waals surface area contributed by atoms with E-state index in [9.17, 15) is 14.7 Å². The first-order valence-corrected chi connectivity index (χ1v) is 11.3. The monoisotopic (exact) mass is 472 g/mol. The van der Waals surface area contributed by atoms with Gasteiger partial charge in [0.15, 0.2) is 0 Å². The molecule has 0 saturated carbocycles. The van der Waals surface area contributed by atoms with Gasteiger partial charge < -0.3 is 19.5 Å². The Bertz CT molecular complexity index is 1270. The van der Waals surface area contributed by atoms with E-state index in [0.29, 0.717) is 23.0 Å². The molecular weight excluding hydrogens is 444 g/mol. The Kier molecular flexibility index (Phi) is 6.87. The Hall–Kier alpha value is -4.13. The Morgan fingerprint density at radius 3 is 2.29 bits per heavy atom. The summed E-state index contributed by atoms with van der Waals surface area (Å²) in [6.45, 7) is 4.39. The molecule has 1 unspecified atom stereocenters. The number of aliphatic hydroxyl groups excluding tert-OH is 1. The molecule has 1 atom stereocenters. The summed E-state index contributed by atoms with van der Waals surface area (Å²) in [6.07, 6.45) is 3.28. The molecule has 2 heterocycles. The molecule has 35 heavy (non-hydrogen) atoms. The number of aromatic nitrogens is 1. The lowest BCUT2D eigenvalue weighted by Gasteiger charge is -2.26. The number of amides is 1. The van der Waals surface area contributed by atoms with Gasteiger partial charge in [-0.2, -0.15) is 0 Å². The van der Waals surface area contributed by atoms with Crippen LogP contribution in [0.1, 0.15) is 48.1 Å². The smallest absolute Gasteiger partial charge is 0.295 e. The van der Waals surface area contributed by atoms with Crippen molar-refractivity contribution in [2.75, 3.05) is 14.2 Å². The fourth-order valence-electron chi connectivity index (χ4n) is 4.28. The minimum atomic E-state index is -0.767. The first-order chi connectivity index (χ1) is 16.8. The van der Waals surface area contributed by atoms with Gasteiger partial charge in [0.2, 0.25) is 0 Å². The minimum Gasteiger partial charge on any atom is -0.507 e. The number of methoxy groups -OCH3 is 2. The topological polar surface area (TPSA) is 89.0 Å². The fourth-order valence-corrected chi connectivity index (χ4v) is 4.28. The lowest BCUT2D eigenvalue weighted by Crippen LogP contribution is -2.29. The van der Waals surface area contributed by atoms with Crippen LogP contribution in [0.25, 0.3) is 5.76 Å². The number of pyridine rings is 1. The lowest BCUT2D eigenvalue weighted by molar-refractivity contribution is -0.140. The second-order valence-electron chi connectivity index (χ2n) is 8.67. The number of Topliss-reactive ketones (excluding diaryl/α,β-unsaturated/α-hetero) is 1. The van der Waals surface area contributed by atoms with Crippen molar-refractivity contribution in [2.45, 2.75) is 32.4 Å². The number of nitrogens with zero attached hydrogens (tertiary/aromatic N) is 2. The second-order valence-corrected chi connectivity index (χ2v) is 8.67. The molecule has 1 aromatic heterocycles. The van der Waals surface area contributed by atoms with Crippen LogP contribution >= 0.6 is 0 Å². The molecule has 4 rings (SSSR count). The molecular formula is C28H28N2O5. The van der Waals surface area contributed by atoms with E-state index < -0.39 is 17.7 Å². The molecule has 0 spiro atoms. The van der Waals surface area contributed by atoms with Crippen molar-refractivity contribution in [3.63, 3.8) is 0 Å². The normalized spacial score (nSPS) is 17.2. The van der Waals surface area contributed by atoms with Crippen LogP contribution in [0.3, 0.4) is 0 Å². The van der Waals surface area contributed by atoms with Crippen molar-refractivity contribution in [3.8, 4) is 11.5 Å². The fraction of sp³-hybridized carbons (Fsp3) is 0.250. The summed E-state index contributed by atoms with van der Waals surface area (Å²) < 4.78 is 10.7. The van der Waals surface area contributed by atoms with Crippen LogP contribution in [0.15, 0.2) is 72.6 Å². The Morgan fingerprint density at radius 1 is 1.00 bits per heavy atom. The average molecular weight is 473 g/mol. The highest BCUT2D eigenvalue weighted by molar-refractivity contribution is 6.46. The molecule has 180 valence electrons. The summed E-state index contributed by atoms with van der Waals surface area (Å²) in [5, 5.41) is 11.4. The standard InChI is InChI=1S/C28H28N2O5/c1-17(2)19-5-7-20(8-6-19)25-24(26(31)22-10-9-21(34-3)15-23(22)35-4)27(32)28(33)30(25)16-18-11-13-29-14-12-18/h5-15,17,25,31H,16H2,1-4H3/b26-24-. The molecule has 1 saturated heterocycles. The van der Waals surface area contributed by atoms with E-state index in [1.165, 1.54) is 19.1 Å². The first-order valence-electron chi connectivity index (χ1n) is 11.3. The van der Waals surface area contributed by atoms with Crippen LogP contribution < -0.4 is 9.47 Å². The van der Waals surface area contributed by atoms with Gasteiger partial charge >= 0.3 is 0 Å². The molecule has 3 aromatic rings. The number of carbonyl (C=O) groups excluding carboxylic acids is 2. The maximum Gasteiger partial charge on any atom is 0.295 e. The number of hydrogen-bond acceptors (Lipinski definition) is 6. The highest BCUT2D eigenvalue weighted by atomic mass is 16.5. The van der Waals surface area contributed by atoms with Gasteiger partial charge in [-0.3, -0.25) is 14.6 Å². The number of aliphatic hydroxyl groups is 1. The summed E-state index contributed by atoms with van der Waals surface area (Å²) in [4.78, 5) is 32.1. The van der Waals surface area contributed by atoms with Crippen LogP contribution in [-0.2, 0) is 16.1 Å². The summed E-state index contributed by atoms with van der Waals surface area (Å²) in [5.41, 5.74) is 3.02. The van der Waals surface area contributed by atoms with Crippen molar-refractivity contribution >= 4 is 17.4 Å². The highest BCUT2D eigenvalue weighted by Gasteiger charge is 2.46. The summed E-state index contributed by atoms with van der Waals surface area (Å²) in [6, 6.07) is 15.5. The van der Waals surface area contributed by atoms with Gasteiger partial charge in [0.25, 0.3) is 11.7 Å². The van der Waals surface area contributed by atoms with Crippen LogP contribution in [0.5, 0.6) is 11.5 Å². The lowest BCUT2D eigenvalue weighted by atomic mass is 9.93. The molecule has 7 heteroatoms. The van der Waals surface area contributed by atoms with Crippen LogP contribution in [0, 0.1) is 0 Å². The van der Waals surface area contributed by atoms with Crippen molar-refractivity contribution in [2.24, 2.45) is 0 Å². The van der Waals surface area contributed by atoms with Gasteiger partial charge in [0.1, 0.15) is 17.3 Å². The zero-order chi connectivity index (χ0) is 25.1. The molecule has 1 N–H and O–H groups in total. The predicted octanol–water partition coefficient (Wildman–Crippen LogP) is 4.84. The Balaban J connectivity index is 1.88. The molecule has 1 amide bonds. The van der Waals surface area contributed by atoms with Gasteiger partial charge in [-0.25, -0.2) is 0 Å². The van der Waals surface area contributed by atoms with E-state index in [0.717, 1.165) is 16.7 Å². The number of hydrogen-bond donors (Lipinski definition) is 1. The number of benzene rings is 2. The summed E-state index contributed by atoms with van der Waals surface area (Å²) in [7, 11) is 3.00. The molecule has 0 radical (unpaired) electrons. The third kappa shape index (κ3) is 4.62. The van der Waals surface area contributed by atoms with Crippen LogP contribution in [0.4, 0.5) is 0 Å². The van der Waals surface area contributed by atoms with Gasteiger partial charge in [-0.1, -0.05) is 38.1 Å². The average Bonchev–Trinajstić information content (AvgIpc) is 3.13. The van der Waals surface area contributed by atoms with Gasteiger partial charge in [0.05, 0.1) is 31.4 Å². The van der Waals surface area contributed by atoms with Gasteiger partial charge in [0, 0.05) is 25.0 Å². The Labute approximate surface area is 204 Å². The molecule has 1 fully saturated rings. The summed E-state index contributed by atoms with van der Waals surface area (Å²) in [5.74, 6) is -0.511. The van der Waals surface area contributed by atoms with Crippen molar-refractivity contribution in [1.29, 1.82) is 0 Å². The Morgan fingerprint density at radius 2 is 1.69 bits per heavy atom. The molecule has 2 aromatic carbocycles. The third-order valence-electron chi connectivity index (χ3n) is 6.22. The first kappa shape index (κ1) is 24.0. The highest BCUT2D eigenvalue weighted by Crippen LogP contribution is 2.42. The SMILES string of the molecule is COc1ccc(/C(O)=C2/C(=O)C(=O)N(Cc3ccncc3)C2c2ccc(C(C)C)cc2)c(OC)c1. The number of ether oxygens (including phenoxy) is 2. The van der Waals surface area contributed by atoms with E-state index in [1.807, 2.05) is 24.3 Å². The third-order valence-corrected chi connectivity index (χ3v) is 6.22. The number of ketones is 1. The largest absolute Gasteiger partial charge is 0.507 e. The van der Waals surface area contributed by atoms with E-state index in [4.69, 9.17) is 9.47 Å². The van der Waals surface area contributed by atoms with Gasteiger partial charge in [-0.15, -0.1) is 0 Å². The minimum absolute atomic E-state index is 0.0184. The van der Waals surface area contributed by atoms with Crippen molar-refractivity contribution in [1.82, 2.24) is 9.88 Å². The number of likely N-dealkylation sites (tertiary alicyclic amines) is 1. The maximum atomic E-state index is 13.3. The van der Waals surface area contributed by atoms with Crippen molar-refractivity contribution in [3.05, 3.63) is 94.8 Å². The molecule has 0 aliphatic carbocycles. The molecule has 0 bridgehead atoms. The maximum absolute atomic E-state index is 13.3. The second kappa shape index (κ2) is 10.0. The predicted molar refractivity (Wildman–Crippen MR) is 132 cm³/mol. The van der Waals surface area contributed by atoms with Crippen molar-refractivity contribution < 1.29 is 24.2 Å². The molecule has 1 aliphatic rings. The van der Waals surface area contributed by atoms with E-state index in [2.05, 4.69) is 18.8 Å². The van der Waals surface area contributed by atoms with Crippen LogP contribution in [0.2, 0.25) is 0 Å². The number of carbonyl (C=O) groups is 2. The zero-order valence-electron chi connectivity index (χ0n) is 20.2. The molecule has 7 nitrogen and oxygen atoms in total. The molecule has 1 aliphatic heterocycles. The van der Waals surface area contributed by atoms with E-state index >= 15 is 0 Å². The van der Waals surface area contributed by atoms with Gasteiger partial charge in [-0.05, 0) is 46.9 Å². The van der Waals surface area contributed by atoms with E-state index in [1.54, 1.807) is 42.7 Å². The zero-order valence-corrected chi connectivity index (χ0v) is 20.2. The quantitative estimate of drug-likeness (QED) is 0.301. The van der Waals surface area contributed by atoms with Crippen LogP contribution in [-0.4, -0.2) is 40.9 Å². The van der Waals surface area contributed by atoms with E-state index in [-0.39, 0.29) is 17.9 Å². The number of rotatable bonds is 7. The summed E-state index contributed by atoms with van der Waals surface area (Å²) >= 11 is 0.